The molecule has 0 fully saturated rings. The van der Waals surface area contributed by atoms with Crippen LogP contribution in [0.2, 0.25) is 0 Å². The van der Waals surface area contributed by atoms with Crippen LogP contribution in [0.5, 0.6) is 0 Å². The van der Waals surface area contributed by atoms with E-state index in [-0.39, 0.29) is 28.5 Å². The van der Waals surface area contributed by atoms with Crippen LogP contribution in [0.15, 0.2) is 47.8 Å². The second-order valence-corrected chi connectivity index (χ2v) is 6.86. The number of amides is 2. The molecule has 0 spiro atoms. The smallest absolute Gasteiger partial charge is 0.347 e. The normalized spacial score (nSPS) is 11.2. The van der Waals surface area contributed by atoms with Gasteiger partial charge in [-0.2, -0.15) is 13.2 Å². The van der Waals surface area contributed by atoms with Crippen molar-refractivity contribution in [2.24, 2.45) is 0 Å². The molecule has 2 N–H and O–H groups in total. The predicted octanol–water partition coefficient (Wildman–Crippen LogP) is 4.62. The second-order valence-electron chi connectivity index (χ2n) is 6.00. The van der Waals surface area contributed by atoms with E-state index >= 15 is 0 Å². The summed E-state index contributed by atoms with van der Waals surface area (Å²) in [6.07, 6.45) is -4.49. The van der Waals surface area contributed by atoms with E-state index in [9.17, 15) is 31.5 Å². The molecular weight excluding hydrogens is 429 g/mol. The van der Waals surface area contributed by atoms with Crippen molar-refractivity contribution < 1.29 is 31.5 Å². The Bertz CT molecular complexity index is 1100. The zero-order chi connectivity index (χ0) is 21.9. The van der Waals surface area contributed by atoms with E-state index in [1.165, 1.54) is 17.5 Å². The summed E-state index contributed by atoms with van der Waals surface area (Å²) in [4.78, 5) is 28.1. The van der Waals surface area contributed by atoms with E-state index in [0.29, 0.717) is 0 Å². The Hall–Kier alpha value is -3.34. The number of benzene rings is 2. The maximum absolute atomic E-state index is 13.2. The first-order chi connectivity index (χ1) is 14.1. The van der Waals surface area contributed by atoms with Gasteiger partial charge in [0.15, 0.2) is 16.8 Å². The number of alkyl halides is 3. The number of halogens is 5. The Labute approximate surface area is 170 Å². The SMILES string of the molecule is O=C(Nc1nc(C(=O)NCc2cccc(C(F)(F)F)c2)cs1)c1ccc(F)c(F)c1. The highest BCUT2D eigenvalue weighted by Gasteiger charge is 2.30. The van der Waals surface area contributed by atoms with Crippen molar-refractivity contribution in [1.29, 1.82) is 0 Å². The van der Waals surface area contributed by atoms with Gasteiger partial charge >= 0.3 is 6.18 Å². The lowest BCUT2D eigenvalue weighted by Gasteiger charge is -2.09. The van der Waals surface area contributed by atoms with Crippen molar-refractivity contribution in [3.05, 3.63) is 81.9 Å². The molecule has 0 aliphatic heterocycles. The fourth-order valence-corrected chi connectivity index (χ4v) is 3.06. The van der Waals surface area contributed by atoms with Crippen LogP contribution in [0.1, 0.15) is 32.0 Å². The van der Waals surface area contributed by atoms with E-state index in [1.54, 1.807) is 0 Å². The van der Waals surface area contributed by atoms with E-state index in [0.717, 1.165) is 41.7 Å². The molecule has 1 aromatic heterocycles. The summed E-state index contributed by atoms with van der Waals surface area (Å²) in [5.41, 5.74) is -0.780. The van der Waals surface area contributed by atoms with E-state index in [1.807, 2.05) is 0 Å². The van der Waals surface area contributed by atoms with Crippen LogP contribution in [-0.4, -0.2) is 16.8 Å². The second kappa shape index (κ2) is 8.57. The van der Waals surface area contributed by atoms with Crippen LogP contribution in [0.3, 0.4) is 0 Å². The molecule has 5 nitrogen and oxygen atoms in total. The van der Waals surface area contributed by atoms with Gasteiger partial charge < -0.3 is 5.32 Å². The van der Waals surface area contributed by atoms with Crippen LogP contribution in [-0.2, 0) is 12.7 Å². The largest absolute Gasteiger partial charge is 0.416 e. The number of anilines is 1. The fourth-order valence-electron chi connectivity index (χ4n) is 2.37. The summed E-state index contributed by atoms with van der Waals surface area (Å²) in [5.74, 6) is -3.69. The van der Waals surface area contributed by atoms with Crippen LogP contribution in [0, 0.1) is 11.6 Å². The summed E-state index contributed by atoms with van der Waals surface area (Å²) >= 11 is 0.915. The molecule has 0 saturated heterocycles. The molecule has 3 aromatic rings. The highest BCUT2D eigenvalue weighted by molar-refractivity contribution is 7.14. The van der Waals surface area contributed by atoms with Gasteiger partial charge in [0.1, 0.15) is 5.69 Å². The van der Waals surface area contributed by atoms with Gasteiger partial charge in [-0.3, -0.25) is 14.9 Å². The molecule has 2 amide bonds. The predicted molar refractivity (Wildman–Crippen MR) is 99.0 cm³/mol. The number of nitrogens with zero attached hydrogens (tertiary/aromatic N) is 1. The third kappa shape index (κ3) is 5.17. The summed E-state index contributed by atoms with van der Waals surface area (Å²) in [6.45, 7) is -0.156. The number of hydrogen-bond acceptors (Lipinski definition) is 4. The van der Waals surface area contributed by atoms with Crippen molar-refractivity contribution in [1.82, 2.24) is 10.3 Å². The molecule has 0 aliphatic rings. The van der Waals surface area contributed by atoms with Crippen LogP contribution >= 0.6 is 11.3 Å². The monoisotopic (exact) mass is 441 g/mol. The lowest BCUT2D eigenvalue weighted by atomic mass is 10.1. The first-order valence-electron chi connectivity index (χ1n) is 8.30. The Morgan fingerprint density at radius 1 is 1.00 bits per heavy atom. The number of carbonyl (C=O) groups excluding carboxylic acids is 2. The Morgan fingerprint density at radius 3 is 2.47 bits per heavy atom. The summed E-state index contributed by atoms with van der Waals surface area (Å²) in [7, 11) is 0. The third-order valence-corrected chi connectivity index (χ3v) is 4.60. The van der Waals surface area contributed by atoms with Crippen molar-refractivity contribution in [2.45, 2.75) is 12.7 Å². The van der Waals surface area contributed by atoms with Gasteiger partial charge in [-0.05, 0) is 35.9 Å². The summed E-state index contributed by atoms with van der Waals surface area (Å²) in [6, 6.07) is 7.13. The Morgan fingerprint density at radius 2 is 1.77 bits per heavy atom. The average Bonchev–Trinajstić information content (AvgIpc) is 3.16. The van der Waals surface area contributed by atoms with Gasteiger partial charge in [0.2, 0.25) is 0 Å². The average molecular weight is 441 g/mol. The molecule has 0 atom stereocenters. The van der Waals surface area contributed by atoms with Crippen LogP contribution in [0.4, 0.5) is 27.1 Å². The highest BCUT2D eigenvalue weighted by Crippen LogP contribution is 2.29. The van der Waals surface area contributed by atoms with Crippen molar-refractivity contribution in [3.63, 3.8) is 0 Å². The number of nitrogens with one attached hydrogen (secondary N) is 2. The molecule has 3 rings (SSSR count). The van der Waals surface area contributed by atoms with Crippen molar-refractivity contribution >= 4 is 28.3 Å². The fraction of sp³-hybridized carbons (Fsp3) is 0.105. The number of hydrogen-bond donors (Lipinski definition) is 2. The molecule has 11 heteroatoms. The number of carbonyl (C=O) groups is 2. The minimum Gasteiger partial charge on any atom is -0.347 e. The third-order valence-electron chi connectivity index (χ3n) is 3.85. The van der Waals surface area contributed by atoms with E-state index in [4.69, 9.17) is 0 Å². The maximum Gasteiger partial charge on any atom is 0.416 e. The number of aromatic nitrogens is 1. The lowest BCUT2D eigenvalue weighted by Crippen LogP contribution is -2.23. The minimum atomic E-state index is -4.49. The van der Waals surface area contributed by atoms with Gasteiger partial charge in [-0.15, -0.1) is 11.3 Å². The van der Waals surface area contributed by atoms with E-state index < -0.39 is 35.2 Å². The van der Waals surface area contributed by atoms with Gasteiger partial charge in [0, 0.05) is 17.5 Å². The lowest BCUT2D eigenvalue weighted by molar-refractivity contribution is -0.137. The molecular formula is C19H12F5N3O2S. The van der Waals surface area contributed by atoms with Crippen molar-refractivity contribution in [3.8, 4) is 0 Å². The quantitative estimate of drug-likeness (QED) is 0.568. The van der Waals surface area contributed by atoms with Gasteiger partial charge in [-0.1, -0.05) is 12.1 Å². The first kappa shape index (κ1) is 21.4. The molecule has 0 saturated carbocycles. The Balaban J connectivity index is 1.61. The standard InChI is InChI=1S/C19H12F5N3O2S/c20-13-5-4-11(7-14(13)21)16(28)27-18-26-15(9-30-18)17(29)25-8-10-2-1-3-12(6-10)19(22,23)24/h1-7,9H,8H2,(H,25,29)(H,26,27,28). The van der Waals surface area contributed by atoms with Crippen LogP contribution in [0.25, 0.3) is 0 Å². The van der Waals surface area contributed by atoms with Gasteiger partial charge in [0.05, 0.1) is 5.56 Å². The molecule has 30 heavy (non-hydrogen) atoms. The van der Waals surface area contributed by atoms with Crippen molar-refractivity contribution in [2.75, 3.05) is 5.32 Å². The zero-order valence-electron chi connectivity index (χ0n) is 14.9. The molecule has 2 aromatic carbocycles. The minimum absolute atomic E-state index is 0.0361. The number of rotatable bonds is 5. The highest BCUT2D eigenvalue weighted by atomic mass is 32.1. The molecule has 0 radical (unpaired) electrons. The summed E-state index contributed by atoms with van der Waals surface area (Å²) in [5, 5.41) is 6.16. The van der Waals surface area contributed by atoms with Gasteiger partial charge in [-0.25, -0.2) is 13.8 Å². The summed E-state index contributed by atoms with van der Waals surface area (Å²) < 4.78 is 64.4. The topological polar surface area (TPSA) is 71.1 Å². The number of thiazole rings is 1. The molecule has 0 bridgehead atoms. The molecule has 156 valence electrons. The molecule has 0 aliphatic carbocycles. The van der Waals surface area contributed by atoms with Crippen LogP contribution < -0.4 is 10.6 Å². The first-order valence-corrected chi connectivity index (χ1v) is 9.18. The molecule has 0 unspecified atom stereocenters. The van der Waals surface area contributed by atoms with E-state index in [2.05, 4.69) is 15.6 Å². The zero-order valence-corrected chi connectivity index (χ0v) is 15.7. The maximum atomic E-state index is 13.2. The van der Waals surface area contributed by atoms with Gasteiger partial charge in [0.25, 0.3) is 11.8 Å². The molecule has 1 heterocycles. The Kier molecular flexibility index (Phi) is 6.11.